The standard InChI is InChI=1S/C33H40ClN3O4S/c1-4-30(33(39)35-27-16-7-5-8-17-27)36(22-26-15-12-11-14-24(26)2)32(38)23-37(31-21-13-20-29(34)25(31)3)42(40,41)28-18-9-6-10-19-28/h6,9-15,18-21,27,30H,4-5,7-8,16-17,22-23H2,1-3H3,(H,35,39)/t30-/m1/s1. The van der Waals surface area contributed by atoms with Gasteiger partial charge in [0.05, 0.1) is 10.6 Å². The van der Waals surface area contributed by atoms with Crippen molar-refractivity contribution in [1.29, 1.82) is 0 Å². The maximum atomic E-state index is 14.3. The lowest BCUT2D eigenvalue weighted by Crippen LogP contribution is -2.54. The zero-order valence-electron chi connectivity index (χ0n) is 24.6. The first kappa shape index (κ1) is 31.6. The number of nitrogens with zero attached hydrogens (tertiary/aromatic N) is 2. The molecule has 0 bridgehead atoms. The smallest absolute Gasteiger partial charge is 0.264 e. The lowest BCUT2D eigenvalue weighted by atomic mass is 9.95. The van der Waals surface area contributed by atoms with Crippen LogP contribution in [0, 0.1) is 13.8 Å². The summed E-state index contributed by atoms with van der Waals surface area (Å²) in [4.78, 5) is 29.6. The Morgan fingerprint density at radius 1 is 0.929 bits per heavy atom. The number of sulfonamides is 1. The molecule has 4 rings (SSSR count). The summed E-state index contributed by atoms with van der Waals surface area (Å²) in [7, 11) is -4.15. The van der Waals surface area contributed by atoms with Crippen LogP contribution in [-0.2, 0) is 26.2 Å². The highest BCUT2D eigenvalue weighted by molar-refractivity contribution is 7.92. The fourth-order valence-electron chi connectivity index (χ4n) is 5.53. The van der Waals surface area contributed by atoms with E-state index < -0.39 is 28.5 Å². The maximum Gasteiger partial charge on any atom is 0.264 e. The molecule has 0 radical (unpaired) electrons. The summed E-state index contributed by atoms with van der Waals surface area (Å²) in [5.41, 5.74) is 2.73. The normalized spacial score (nSPS) is 14.7. The highest BCUT2D eigenvalue weighted by Crippen LogP contribution is 2.31. The average molecular weight is 610 g/mol. The second kappa shape index (κ2) is 14.2. The second-order valence-corrected chi connectivity index (χ2v) is 13.2. The topological polar surface area (TPSA) is 86.8 Å². The number of rotatable bonds is 11. The fourth-order valence-corrected chi connectivity index (χ4v) is 7.20. The zero-order valence-corrected chi connectivity index (χ0v) is 26.1. The molecule has 1 aliphatic carbocycles. The number of aryl methyl sites for hydroxylation is 1. The van der Waals surface area contributed by atoms with Gasteiger partial charge in [-0.15, -0.1) is 0 Å². The van der Waals surface area contributed by atoms with Crippen LogP contribution >= 0.6 is 11.6 Å². The average Bonchev–Trinajstić information content (AvgIpc) is 2.99. The van der Waals surface area contributed by atoms with E-state index in [2.05, 4.69) is 5.32 Å². The zero-order chi connectivity index (χ0) is 30.3. The molecule has 1 atom stereocenters. The van der Waals surface area contributed by atoms with Gasteiger partial charge in [0.1, 0.15) is 12.6 Å². The van der Waals surface area contributed by atoms with Crippen molar-refractivity contribution in [3.8, 4) is 0 Å². The second-order valence-electron chi connectivity index (χ2n) is 10.9. The van der Waals surface area contributed by atoms with Crippen molar-refractivity contribution in [3.63, 3.8) is 0 Å². The number of hydrogen-bond acceptors (Lipinski definition) is 4. The quantitative estimate of drug-likeness (QED) is 0.272. The summed E-state index contributed by atoms with van der Waals surface area (Å²) in [5.74, 6) is -0.675. The third kappa shape index (κ3) is 7.34. The Hall–Kier alpha value is -3.36. The fraction of sp³-hybridized carbons (Fsp3) is 0.394. The first-order valence-electron chi connectivity index (χ1n) is 14.6. The molecule has 9 heteroatoms. The van der Waals surface area contributed by atoms with Crippen LogP contribution in [0.15, 0.2) is 77.7 Å². The van der Waals surface area contributed by atoms with E-state index in [0.717, 1.165) is 47.5 Å². The molecule has 1 fully saturated rings. The summed E-state index contributed by atoms with van der Waals surface area (Å²) >= 11 is 6.42. The monoisotopic (exact) mass is 609 g/mol. The number of halogens is 1. The van der Waals surface area contributed by atoms with Crippen molar-refractivity contribution in [2.75, 3.05) is 10.8 Å². The SMILES string of the molecule is CC[C@H](C(=O)NC1CCCCC1)N(Cc1ccccc1C)C(=O)CN(c1cccc(Cl)c1C)S(=O)(=O)c1ccccc1. The van der Waals surface area contributed by atoms with Gasteiger partial charge in [0.15, 0.2) is 0 Å². The van der Waals surface area contributed by atoms with Crippen LogP contribution in [0.25, 0.3) is 0 Å². The predicted octanol–water partition coefficient (Wildman–Crippen LogP) is 6.41. The Morgan fingerprint density at radius 3 is 2.26 bits per heavy atom. The van der Waals surface area contributed by atoms with Crippen LogP contribution in [0.1, 0.15) is 62.1 Å². The molecule has 1 N–H and O–H groups in total. The first-order chi connectivity index (χ1) is 20.1. The number of carbonyl (C=O) groups excluding carboxylic acids is 2. The summed E-state index contributed by atoms with van der Waals surface area (Å²) in [6, 6.07) is 20.1. The molecule has 0 heterocycles. The minimum absolute atomic E-state index is 0.0599. The molecule has 3 aromatic rings. The molecular weight excluding hydrogens is 570 g/mol. The van der Waals surface area contributed by atoms with E-state index >= 15 is 0 Å². The van der Waals surface area contributed by atoms with Gasteiger partial charge in [-0.1, -0.05) is 86.3 Å². The van der Waals surface area contributed by atoms with Gasteiger partial charge in [-0.25, -0.2) is 8.42 Å². The van der Waals surface area contributed by atoms with Gasteiger partial charge in [-0.05, 0) is 74.1 Å². The number of amides is 2. The van der Waals surface area contributed by atoms with Gasteiger partial charge < -0.3 is 10.2 Å². The number of nitrogens with one attached hydrogen (secondary N) is 1. The molecular formula is C33H40ClN3O4S. The van der Waals surface area contributed by atoms with Gasteiger partial charge in [0.2, 0.25) is 11.8 Å². The highest BCUT2D eigenvalue weighted by Gasteiger charge is 2.35. The molecule has 7 nitrogen and oxygen atoms in total. The summed E-state index contributed by atoms with van der Waals surface area (Å²) < 4.78 is 29.2. The van der Waals surface area contributed by atoms with E-state index in [0.29, 0.717) is 22.7 Å². The van der Waals surface area contributed by atoms with Crippen molar-refractivity contribution < 1.29 is 18.0 Å². The van der Waals surface area contributed by atoms with Crippen molar-refractivity contribution in [2.24, 2.45) is 0 Å². The third-order valence-corrected chi connectivity index (χ3v) is 10.2. The summed E-state index contributed by atoms with van der Waals surface area (Å²) in [5, 5.41) is 3.57. The Kier molecular flexibility index (Phi) is 10.7. The molecule has 42 heavy (non-hydrogen) atoms. The van der Waals surface area contributed by atoms with Crippen LogP contribution in [0.2, 0.25) is 5.02 Å². The van der Waals surface area contributed by atoms with Crippen molar-refractivity contribution >= 4 is 39.1 Å². The Labute approximate surface area is 254 Å². The van der Waals surface area contributed by atoms with Crippen molar-refractivity contribution in [1.82, 2.24) is 10.2 Å². The number of benzene rings is 3. The Balaban J connectivity index is 1.74. The Bertz CT molecular complexity index is 1490. The predicted molar refractivity (Wildman–Crippen MR) is 168 cm³/mol. The lowest BCUT2D eigenvalue weighted by molar-refractivity contribution is -0.140. The van der Waals surface area contributed by atoms with E-state index in [9.17, 15) is 18.0 Å². The number of anilines is 1. The lowest BCUT2D eigenvalue weighted by Gasteiger charge is -2.35. The maximum absolute atomic E-state index is 14.3. The van der Waals surface area contributed by atoms with Gasteiger partial charge in [0.25, 0.3) is 10.0 Å². The molecule has 0 aliphatic heterocycles. The molecule has 3 aromatic carbocycles. The van der Waals surface area contributed by atoms with Gasteiger partial charge >= 0.3 is 0 Å². The Morgan fingerprint density at radius 2 is 1.60 bits per heavy atom. The van der Waals surface area contributed by atoms with E-state index in [1.54, 1.807) is 43.3 Å². The molecule has 0 aromatic heterocycles. The van der Waals surface area contributed by atoms with Crippen LogP contribution in [-0.4, -0.2) is 43.8 Å². The summed E-state index contributed by atoms with van der Waals surface area (Å²) in [6.45, 7) is 5.26. The molecule has 0 saturated heterocycles. The van der Waals surface area contributed by atoms with Gasteiger partial charge in [0, 0.05) is 17.6 Å². The third-order valence-electron chi connectivity index (χ3n) is 8.06. The van der Waals surface area contributed by atoms with Crippen molar-refractivity contribution in [3.05, 3.63) is 94.5 Å². The minimum Gasteiger partial charge on any atom is -0.352 e. The van der Waals surface area contributed by atoms with Crippen LogP contribution < -0.4 is 9.62 Å². The highest BCUT2D eigenvalue weighted by atomic mass is 35.5. The molecule has 2 amide bonds. The number of carbonyl (C=O) groups is 2. The van der Waals surface area contributed by atoms with Crippen molar-refractivity contribution in [2.45, 2.75) is 82.8 Å². The largest absolute Gasteiger partial charge is 0.352 e. The molecule has 1 saturated carbocycles. The van der Waals surface area contributed by atoms with Crippen LogP contribution in [0.5, 0.6) is 0 Å². The van der Waals surface area contributed by atoms with E-state index in [4.69, 9.17) is 11.6 Å². The van der Waals surface area contributed by atoms with E-state index in [1.807, 2.05) is 38.1 Å². The first-order valence-corrected chi connectivity index (χ1v) is 16.4. The molecule has 0 unspecified atom stereocenters. The van der Waals surface area contributed by atoms with E-state index in [1.165, 1.54) is 17.0 Å². The van der Waals surface area contributed by atoms with Crippen LogP contribution in [0.4, 0.5) is 5.69 Å². The van der Waals surface area contributed by atoms with Gasteiger partial charge in [-0.2, -0.15) is 0 Å². The molecule has 1 aliphatic rings. The van der Waals surface area contributed by atoms with Gasteiger partial charge in [-0.3, -0.25) is 13.9 Å². The summed E-state index contributed by atoms with van der Waals surface area (Å²) in [6.07, 6.45) is 5.53. The van der Waals surface area contributed by atoms with E-state index in [-0.39, 0.29) is 23.4 Å². The minimum atomic E-state index is -4.15. The molecule has 0 spiro atoms. The molecule has 224 valence electrons. The van der Waals surface area contributed by atoms with Crippen LogP contribution in [0.3, 0.4) is 0 Å². The number of hydrogen-bond donors (Lipinski definition) is 1.